The van der Waals surface area contributed by atoms with Crippen molar-refractivity contribution in [2.24, 2.45) is 0 Å². The SMILES string of the molecule is c1ccc2c3c([nH]c2c1)OCO3. The number of benzene rings is 1. The summed E-state index contributed by atoms with van der Waals surface area (Å²) in [6.07, 6.45) is 0. The lowest BCUT2D eigenvalue weighted by Gasteiger charge is -1.93. The van der Waals surface area contributed by atoms with E-state index in [1.807, 2.05) is 24.3 Å². The second kappa shape index (κ2) is 1.94. The number of nitrogens with one attached hydrogen (secondary N) is 1. The quantitative estimate of drug-likeness (QED) is 0.640. The molecule has 0 saturated carbocycles. The molecule has 2 heterocycles. The van der Waals surface area contributed by atoms with E-state index >= 15 is 0 Å². The van der Waals surface area contributed by atoms with Gasteiger partial charge >= 0.3 is 0 Å². The topological polar surface area (TPSA) is 34.2 Å². The average Bonchev–Trinajstić information content (AvgIpc) is 2.62. The van der Waals surface area contributed by atoms with Crippen LogP contribution in [0.2, 0.25) is 0 Å². The Hall–Kier alpha value is -1.64. The van der Waals surface area contributed by atoms with Gasteiger partial charge in [0.25, 0.3) is 0 Å². The lowest BCUT2D eigenvalue weighted by molar-refractivity contribution is 0.171. The number of fused-ring (bicyclic) bond motifs is 3. The number of hydrogen-bond donors (Lipinski definition) is 1. The second-order valence-electron chi connectivity index (χ2n) is 2.74. The van der Waals surface area contributed by atoms with Crippen LogP contribution in [0.5, 0.6) is 11.6 Å². The van der Waals surface area contributed by atoms with Crippen molar-refractivity contribution in [2.75, 3.05) is 6.79 Å². The fourth-order valence-electron chi connectivity index (χ4n) is 1.48. The van der Waals surface area contributed by atoms with Gasteiger partial charge in [-0.25, -0.2) is 0 Å². The molecule has 60 valence electrons. The van der Waals surface area contributed by atoms with Crippen LogP contribution in [0.1, 0.15) is 0 Å². The van der Waals surface area contributed by atoms with E-state index in [1.165, 1.54) is 0 Å². The lowest BCUT2D eigenvalue weighted by Crippen LogP contribution is -1.95. The van der Waals surface area contributed by atoms with Gasteiger partial charge in [-0.05, 0) is 12.1 Å². The molecule has 2 aromatic rings. The van der Waals surface area contributed by atoms with Gasteiger partial charge in [-0.3, -0.25) is 0 Å². The van der Waals surface area contributed by atoms with E-state index in [9.17, 15) is 0 Å². The molecule has 0 aliphatic carbocycles. The van der Waals surface area contributed by atoms with Crippen molar-refractivity contribution in [3.05, 3.63) is 24.3 Å². The van der Waals surface area contributed by atoms with E-state index in [0.29, 0.717) is 6.79 Å². The summed E-state index contributed by atoms with van der Waals surface area (Å²) in [7, 11) is 0. The van der Waals surface area contributed by atoms with Gasteiger partial charge in [-0.1, -0.05) is 12.1 Å². The predicted octanol–water partition coefficient (Wildman–Crippen LogP) is 1.90. The molecule has 3 rings (SSSR count). The molecule has 1 aliphatic heterocycles. The number of ether oxygens (including phenoxy) is 2. The summed E-state index contributed by atoms with van der Waals surface area (Å²) in [5.41, 5.74) is 1.06. The van der Waals surface area contributed by atoms with Crippen molar-refractivity contribution < 1.29 is 9.47 Å². The van der Waals surface area contributed by atoms with E-state index in [2.05, 4.69) is 4.98 Å². The van der Waals surface area contributed by atoms with Gasteiger partial charge < -0.3 is 14.5 Å². The molecule has 0 atom stereocenters. The number of rotatable bonds is 0. The molecular weight excluding hydrogens is 154 g/mol. The Bertz CT molecular complexity index is 433. The molecule has 0 unspecified atom stereocenters. The van der Waals surface area contributed by atoms with Crippen molar-refractivity contribution in [3.63, 3.8) is 0 Å². The maximum Gasteiger partial charge on any atom is 0.238 e. The highest BCUT2D eigenvalue weighted by Crippen LogP contribution is 2.38. The minimum absolute atomic E-state index is 0.325. The molecule has 1 N–H and O–H groups in total. The Morgan fingerprint density at radius 3 is 3.08 bits per heavy atom. The Balaban J connectivity index is 2.44. The molecule has 0 bridgehead atoms. The van der Waals surface area contributed by atoms with E-state index in [-0.39, 0.29) is 0 Å². The van der Waals surface area contributed by atoms with E-state index < -0.39 is 0 Å². The molecule has 3 nitrogen and oxygen atoms in total. The largest absolute Gasteiger partial charge is 0.451 e. The van der Waals surface area contributed by atoms with Gasteiger partial charge in [0, 0.05) is 5.39 Å². The van der Waals surface area contributed by atoms with E-state index in [0.717, 1.165) is 22.5 Å². The zero-order chi connectivity index (χ0) is 7.97. The van der Waals surface area contributed by atoms with Gasteiger partial charge in [0.05, 0.1) is 5.52 Å². The van der Waals surface area contributed by atoms with Crippen LogP contribution in [0.3, 0.4) is 0 Å². The first-order chi connectivity index (χ1) is 5.95. The van der Waals surface area contributed by atoms with Crippen molar-refractivity contribution in [3.8, 4) is 11.6 Å². The molecule has 1 aliphatic rings. The number of aromatic nitrogens is 1. The molecule has 0 spiro atoms. The summed E-state index contributed by atoms with van der Waals surface area (Å²) in [6.45, 7) is 0.325. The molecule has 0 amide bonds. The highest BCUT2D eigenvalue weighted by atomic mass is 16.7. The van der Waals surface area contributed by atoms with Gasteiger partial charge in [0.1, 0.15) is 0 Å². The van der Waals surface area contributed by atoms with Crippen molar-refractivity contribution in [1.29, 1.82) is 0 Å². The highest BCUT2D eigenvalue weighted by Gasteiger charge is 2.18. The summed E-state index contributed by atoms with van der Waals surface area (Å²) in [5, 5.41) is 1.09. The summed E-state index contributed by atoms with van der Waals surface area (Å²) >= 11 is 0. The van der Waals surface area contributed by atoms with Crippen LogP contribution in [0.15, 0.2) is 24.3 Å². The molecule has 3 heteroatoms. The third-order valence-electron chi connectivity index (χ3n) is 2.03. The van der Waals surface area contributed by atoms with E-state index in [1.54, 1.807) is 0 Å². The lowest BCUT2D eigenvalue weighted by atomic mass is 10.2. The number of para-hydroxylation sites is 1. The molecule has 0 saturated heterocycles. The zero-order valence-corrected chi connectivity index (χ0v) is 6.33. The molecular formula is C9H7NO2. The molecule has 0 radical (unpaired) electrons. The van der Waals surface area contributed by atoms with Gasteiger partial charge in [-0.15, -0.1) is 0 Å². The highest BCUT2D eigenvalue weighted by molar-refractivity contribution is 5.89. The van der Waals surface area contributed by atoms with Crippen LogP contribution in [0.4, 0.5) is 0 Å². The molecule has 1 aromatic heterocycles. The fraction of sp³-hybridized carbons (Fsp3) is 0.111. The summed E-state index contributed by atoms with van der Waals surface area (Å²) < 4.78 is 10.5. The first-order valence-corrected chi connectivity index (χ1v) is 3.81. The third kappa shape index (κ3) is 0.605. The number of aromatic amines is 1. The first kappa shape index (κ1) is 5.94. The summed E-state index contributed by atoms with van der Waals surface area (Å²) in [5.74, 6) is 1.59. The second-order valence-corrected chi connectivity index (χ2v) is 2.74. The predicted molar refractivity (Wildman–Crippen MR) is 44.4 cm³/mol. The van der Waals surface area contributed by atoms with Gasteiger partial charge in [0.2, 0.25) is 12.7 Å². The maximum atomic E-state index is 5.30. The number of H-pyrrole nitrogens is 1. The first-order valence-electron chi connectivity index (χ1n) is 3.81. The average molecular weight is 161 g/mol. The standard InChI is InChI=1S/C9H7NO2/c1-2-4-7-6(3-1)8-9(10-7)12-5-11-8/h1-4,10H,5H2. The minimum atomic E-state index is 0.325. The van der Waals surface area contributed by atoms with Gasteiger partial charge in [-0.2, -0.15) is 0 Å². The van der Waals surface area contributed by atoms with E-state index in [4.69, 9.17) is 9.47 Å². The van der Waals surface area contributed by atoms with Crippen LogP contribution in [-0.2, 0) is 0 Å². The van der Waals surface area contributed by atoms with Crippen LogP contribution in [0, 0.1) is 0 Å². The normalized spacial score (nSPS) is 14.0. The molecule has 1 aromatic carbocycles. The monoisotopic (exact) mass is 161 g/mol. The van der Waals surface area contributed by atoms with Crippen LogP contribution < -0.4 is 9.47 Å². The Morgan fingerprint density at radius 2 is 2.08 bits per heavy atom. The van der Waals surface area contributed by atoms with Crippen molar-refractivity contribution in [1.82, 2.24) is 4.98 Å². The van der Waals surface area contributed by atoms with Crippen LogP contribution >= 0.6 is 0 Å². The fourth-order valence-corrected chi connectivity index (χ4v) is 1.48. The Labute approximate surface area is 68.9 Å². The van der Waals surface area contributed by atoms with Crippen molar-refractivity contribution >= 4 is 10.9 Å². The van der Waals surface area contributed by atoms with Gasteiger partial charge in [0.15, 0.2) is 5.75 Å². The van der Waals surface area contributed by atoms with Crippen LogP contribution in [-0.4, -0.2) is 11.8 Å². The number of hydrogen-bond acceptors (Lipinski definition) is 2. The Kier molecular flexibility index (Phi) is 0.961. The maximum absolute atomic E-state index is 5.30. The minimum Gasteiger partial charge on any atom is -0.451 e. The third-order valence-corrected chi connectivity index (χ3v) is 2.03. The summed E-state index contributed by atoms with van der Waals surface area (Å²) in [6, 6.07) is 7.98. The molecule has 0 fully saturated rings. The smallest absolute Gasteiger partial charge is 0.238 e. The zero-order valence-electron chi connectivity index (χ0n) is 6.33. The molecule has 12 heavy (non-hydrogen) atoms. The summed E-state index contributed by atoms with van der Waals surface area (Å²) in [4.78, 5) is 3.13. The van der Waals surface area contributed by atoms with Crippen molar-refractivity contribution in [2.45, 2.75) is 0 Å². The van der Waals surface area contributed by atoms with Crippen LogP contribution in [0.25, 0.3) is 10.9 Å². The Morgan fingerprint density at radius 1 is 1.17 bits per heavy atom.